The highest BCUT2D eigenvalue weighted by Crippen LogP contribution is 2.35. The maximum Gasteiger partial charge on any atom is 0.265 e. The first-order chi connectivity index (χ1) is 10.7. The van der Waals surface area contributed by atoms with Crippen LogP contribution in [0.5, 0.6) is 11.5 Å². The molecular weight excluding hydrogens is 298 g/mol. The minimum Gasteiger partial charge on any atom is -0.454 e. The van der Waals surface area contributed by atoms with Gasteiger partial charge in [0.15, 0.2) is 11.5 Å². The molecular formula is C17H17NO3S. The molecule has 1 aromatic heterocycles. The lowest BCUT2D eigenvalue weighted by Crippen LogP contribution is -2.10. The normalized spacial score (nSPS) is 18.9. The number of fused-ring (bicyclic) bond motifs is 2. The highest BCUT2D eigenvalue weighted by molar-refractivity contribution is 7.14. The van der Waals surface area contributed by atoms with E-state index in [1.54, 1.807) is 17.4 Å². The van der Waals surface area contributed by atoms with Gasteiger partial charge in [0.2, 0.25) is 6.79 Å². The van der Waals surface area contributed by atoms with E-state index >= 15 is 0 Å². The van der Waals surface area contributed by atoms with Crippen LogP contribution in [-0.4, -0.2) is 12.7 Å². The number of nitrogens with one attached hydrogen (secondary N) is 1. The molecule has 0 saturated carbocycles. The second-order valence-corrected chi connectivity index (χ2v) is 7.07. The highest BCUT2D eigenvalue weighted by Gasteiger charge is 2.21. The van der Waals surface area contributed by atoms with Gasteiger partial charge in [0.1, 0.15) is 0 Å². The summed E-state index contributed by atoms with van der Waals surface area (Å²) in [7, 11) is 0. The van der Waals surface area contributed by atoms with Crippen molar-refractivity contribution in [1.29, 1.82) is 0 Å². The molecule has 1 aliphatic carbocycles. The summed E-state index contributed by atoms with van der Waals surface area (Å²) in [6.07, 6.45) is 3.40. The third-order valence-corrected chi connectivity index (χ3v) is 5.42. The van der Waals surface area contributed by atoms with Crippen molar-refractivity contribution in [2.24, 2.45) is 5.92 Å². The van der Waals surface area contributed by atoms with E-state index in [1.807, 2.05) is 12.1 Å². The van der Waals surface area contributed by atoms with Crippen LogP contribution in [0, 0.1) is 5.92 Å². The second kappa shape index (κ2) is 5.32. The first-order valence-electron chi connectivity index (χ1n) is 7.51. The summed E-state index contributed by atoms with van der Waals surface area (Å²) >= 11 is 1.62. The summed E-state index contributed by atoms with van der Waals surface area (Å²) < 4.78 is 10.6. The molecule has 5 heteroatoms. The molecule has 4 nitrogen and oxygen atoms in total. The minimum absolute atomic E-state index is 0.0501. The van der Waals surface area contributed by atoms with Gasteiger partial charge in [-0.2, -0.15) is 0 Å². The lowest BCUT2D eigenvalue weighted by atomic mass is 9.90. The van der Waals surface area contributed by atoms with E-state index in [9.17, 15) is 4.79 Å². The molecule has 0 saturated heterocycles. The predicted molar refractivity (Wildman–Crippen MR) is 86.0 cm³/mol. The first-order valence-corrected chi connectivity index (χ1v) is 8.33. The fourth-order valence-corrected chi connectivity index (χ4v) is 4.09. The largest absolute Gasteiger partial charge is 0.454 e. The lowest BCUT2D eigenvalue weighted by Gasteiger charge is -2.16. The van der Waals surface area contributed by atoms with Crippen LogP contribution < -0.4 is 14.8 Å². The van der Waals surface area contributed by atoms with Gasteiger partial charge < -0.3 is 14.8 Å². The average molecular weight is 315 g/mol. The van der Waals surface area contributed by atoms with Gasteiger partial charge in [0.25, 0.3) is 5.91 Å². The topological polar surface area (TPSA) is 47.6 Å². The summed E-state index contributed by atoms with van der Waals surface area (Å²) in [6.45, 7) is 2.51. The lowest BCUT2D eigenvalue weighted by molar-refractivity contribution is 0.103. The molecule has 2 aromatic rings. The first kappa shape index (κ1) is 13.6. The SMILES string of the molecule is C[C@H]1CCc2sc(C(=O)Nc3ccc4c(c3)OCO4)cc2C1. The molecule has 1 atom stereocenters. The summed E-state index contributed by atoms with van der Waals surface area (Å²) in [6, 6.07) is 7.51. The van der Waals surface area contributed by atoms with Crippen LogP contribution in [0.1, 0.15) is 33.5 Å². The van der Waals surface area contributed by atoms with E-state index in [1.165, 1.54) is 16.9 Å². The molecule has 0 unspecified atom stereocenters. The number of amides is 1. The minimum atomic E-state index is -0.0501. The van der Waals surface area contributed by atoms with Gasteiger partial charge in [0.05, 0.1) is 4.88 Å². The molecule has 0 spiro atoms. The van der Waals surface area contributed by atoms with Gasteiger partial charge in [-0.05, 0) is 48.9 Å². The van der Waals surface area contributed by atoms with E-state index in [2.05, 4.69) is 18.3 Å². The molecule has 0 bridgehead atoms. The number of hydrogen-bond acceptors (Lipinski definition) is 4. The predicted octanol–water partition coefficient (Wildman–Crippen LogP) is 3.85. The van der Waals surface area contributed by atoms with Crippen LogP contribution in [0.25, 0.3) is 0 Å². The Kier molecular flexibility index (Phi) is 3.30. The Morgan fingerprint density at radius 2 is 2.14 bits per heavy atom. The van der Waals surface area contributed by atoms with Crippen LogP contribution in [0.2, 0.25) is 0 Å². The fourth-order valence-electron chi connectivity index (χ4n) is 2.98. The molecule has 0 fully saturated rings. The van der Waals surface area contributed by atoms with Gasteiger partial charge in [-0.15, -0.1) is 11.3 Å². The van der Waals surface area contributed by atoms with E-state index in [4.69, 9.17) is 9.47 Å². The van der Waals surface area contributed by atoms with Crippen molar-refractivity contribution in [2.75, 3.05) is 12.1 Å². The number of benzene rings is 1. The summed E-state index contributed by atoms with van der Waals surface area (Å²) in [5, 5.41) is 2.94. The Balaban J connectivity index is 1.53. The monoisotopic (exact) mass is 315 g/mol. The Bertz CT molecular complexity index is 738. The molecule has 0 radical (unpaired) electrons. The Morgan fingerprint density at radius 1 is 1.27 bits per heavy atom. The molecule has 2 heterocycles. The van der Waals surface area contributed by atoms with E-state index in [0.717, 1.165) is 29.2 Å². The molecule has 114 valence electrons. The zero-order valence-electron chi connectivity index (χ0n) is 12.3. The number of hydrogen-bond donors (Lipinski definition) is 1. The highest BCUT2D eigenvalue weighted by atomic mass is 32.1. The van der Waals surface area contributed by atoms with Gasteiger partial charge in [-0.1, -0.05) is 6.92 Å². The number of thiophene rings is 1. The van der Waals surface area contributed by atoms with Crippen molar-refractivity contribution in [2.45, 2.75) is 26.2 Å². The number of carbonyl (C=O) groups is 1. The van der Waals surface area contributed by atoms with Crippen molar-refractivity contribution in [3.05, 3.63) is 39.6 Å². The zero-order valence-corrected chi connectivity index (χ0v) is 13.2. The summed E-state index contributed by atoms with van der Waals surface area (Å²) in [5.74, 6) is 2.06. The van der Waals surface area contributed by atoms with Crippen molar-refractivity contribution in [3.63, 3.8) is 0 Å². The van der Waals surface area contributed by atoms with E-state index in [0.29, 0.717) is 11.7 Å². The average Bonchev–Trinajstić information content (AvgIpc) is 3.12. The number of anilines is 1. The second-order valence-electron chi connectivity index (χ2n) is 5.93. The molecule has 22 heavy (non-hydrogen) atoms. The van der Waals surface area contributed by atoms with Crippen molar-refractivity contribution >= 4 is 22.9 Å². The molecule has 1 N–H and O–H groups in total. The third-order valence-electron chi connectivity index (χ3n) is 4.18. The third kappa shape index (κ3) is 2.46. The Hall–Kier alpha value is -2.01. The van der Waals surface area contributed by atoms with Crippen molar-refractivity contribution in [1.82, 2.24) is 0 Å². The molecule has 1 amide bonds. The molecule has 4 rings (SSSR count). The molecule has 1 aromatic carbocycles. The van der Waals surface area contributed by atoms with Crippen molar-refractivity contribution in [3.8, 4) is 11.5 Å². The van der Waals surface area contributed by atoms with Crippen LogP contribution in [0.3, 0.4) is 0 Å². The maximum absolute atomic E-state index is 12.4. The van der Waals surface area contributed by atoms with Crippen LogP contribution in [-0.2, 0) is 12.8 Å². The number of aryl methyl sites for hydroxylation is 1. The summed E-state index contributed by atoms with van der Waals surface area (Å²) in [4.78, 5) is 14.6. The zero-order chi connectivity index (χ0) is 15.1. The van der Waals surface area contributed by atoms with Crippen LogP contribution in [0.15, 0.2) is 24.3 Å². The van der Waals surface area contributed by atoms with E-state index in [-0.39, 0.29) is 12.7 Å². The van der Waals surface area contributed by atoms with E-state index < -0.39 is 0 Å². The molecule has 1 aliphatic heterocycles. The number of ether oxygens (including phenoxy) is 2. The van der Waals surface area contributed by atoms with Crippen molar-refractivity contribution < 1.29 is 14.3 Å². The fraction of sp³-hybridized carbons (Fsp3) is 0.353. The Morgan fingerprint density at radius 3 is 3.05 bits per heavy atom. The quantitative estimate of drug-likeness (QED) is 0.915. The van der Waals surface area contributed by atoms with Gasteiger partial charge in [0, 0.05) is 16.6 Å². The standard InChI is InChI=1S/C17H17NO3S/c1-10-2-5-15-11(6-10)7-16(22-15)17(19)18-12-3-4-13-14(8-12)21-9-20-13/h3-4,7-8,10H,2,5-6,9H2,1H3,(H,18,19)/t10-/m0/s1. The van der Waals surface area contributed by atoms with Gasteiger partial charge in [-0.25, -0.2) is 0 Å². The van der Waals surface area contributed by atoms with Crippen LogP contribution >= 0.6 is 11.3 Å². The maximum atomic E-state index is 12.4. The van der Waals surface area contributed by atoms with Gasteiger partial charge in [-0.3, -0.25) is 4.79 Å². The number of carbonyl (C=O) groups excluding carboxylic acids is 1. The van der Waals surface area contributed by atoms with Crippen LogP contribution in [0.4, 0.5) is 5.69 Å². The number of rotatable bonds is 2. The molecule has 2 aliphatic rings. The smallest absolute Gasteiger partial charge is 0.265 e. The van der Waals surface area contributed by atoms with Gasteiger partial charge >= 0.3 is 0 Å². The summed E-state index contributed by atoms with van der Waals surface area (Å²) in [5.41, 5.74) is 2.08. The Labute approximate surface area is 133 Å².